The second kappa shape index (κ2) is 13.1. The predicted molar refractivity (Wildman–Crippen MR) is 148 cm³/mol. The lowest BCUT2D eigenvalue weighted by Crippen LogP contribution is -2.13. The fourth-order valence-corrected chi connectivity index (χ4v) is 3.91. The number of ether oxygens (including phenoxy) is 3. The third-order valence-corrected chi connectivity index (χ3v) is 5.84. The summed E-state index contributed by atoms with van der Waals surface area (Å²) in [5, 5.41) is 12.5. The molecule has 1 N–H and O–H groups in total. The summed E-state index contributed by atoms with van der Waals surface area (Å²) in [4.78, 5) is 12.8. The van der Waals surface area contributed by atoms with Gasteiger partial charge in [-0.05, 0) is 71.3 Å². The van der Waals surface area contributed by atoms with Gasteiger partial charge < -0.3 is 19.5 Å². The molecule has 0 radical (unpaired) electrons. The number of hydrogen-bond donors (Lipinski definition) is 1. The summed E-state index contributed by atoms with van der Waals surface area (Å²) in [5.41, 5.74) is 2.50. The molecule has 0 spiro atoms. The number of halogens is 2. The van der Waals surface area contributed by atoms with Crippen molar-refractivity contribution in [2.45, 2.75) is 13.2 Å². The van der Waals surface area contributed by atoms with Crippen LogP contribution in [0.3, 0.4) is 0 Å². The Labute approximate surface area is 230 Å². The molecule has 0 aliphatic heterocycles. The first-order chi connectivity index (χ1) is 18.9. The lowest BCUT2D eigenvalue weighted by molar-refractivity contribution is -0.112. The summed E-state index contributed by atoms with van der Waals surface area (Å²) in [6.45, 7) is 0.499. The van der Waals surface area contributed by atoms with Crippen LogP contribution in [-0.4, -0.2) is 13.0 Å². The second-order valence-electron chi connectivity index (χ2n) is 8.38. The van der Waals surface area contributed by atoms with Gasteiger partial charge in [-0.1, -0.05) is 54.1 Å². The van der Waals surface area contributed by atoms with Crippen molar-refractivity contribution in [3.05, 3.63) is 124 Å². The van der Waals surface area contributed by atoms with Crippen LogP contribution in [0, 0.1) is 17.1 Å². The number of nitriles is 1. The van der Waals surface area contributed by atoms with E-state index in [4.69, 9.17) is 25.8 Å². The number of nitrogens with one attached hydrogen (secondary N) is 1. The first-order valence-electron chi connectivity index (χ1n) is 11.9. The van der Waals surface area contributed by atoms with E-state index in [1.807, 2.05) is 36.4 Å². The standard InChI is InChI=1S/C31H24ClFN2O4/c1-37-29-17-23(16-28(32)30(29)39-20-22-8-5-9-25(33)15-22)14-24(18-34)31(36)35-26-10-12-27(13-11-26)38-19-21-6-3-2-4-7-21/h2-17H,19-20H2,1H3,(H,35,36)/b24-14+. The number of rotatable bonds is 10. The minimum atomic E-state index is -0.586. The highest BCUT2D eigenvalue weighted by Gasteiger charge is 2.15. The van der Waals surface area contributed by atoms with E-state index in [9.17, 15) is 14.4 Å². The van der Waals surface area contributed by atoms with Crippen molar-refractivity contribution in [1.29, 1.82) is 5.26 Å². The van der Waals surface area contributed by atoms with Gasteiger partial charge in [0.15, 0.2) is 11.5 Å². The Hall–Kier alpha value is -4.80. The number of carbonyl (C=O) groups excluding carboxylic acids is 1. The molecule has 196 valence electrons. The Morgan fingerprint density at radius 2 is 1.67 bits per heavy atom. The number of amides is 1. The Balaban J connectivity index is 1.42. The summed E-state index contributed by atoms with van der Waals surface area (Å²) >= 11 is 6.42. The zero-order valence-electron chi connectivity index (χ0n) is 21.0. The number of nitrogens with zero attached hydrogens (tertiary/aromatic N) is 1. The fourth-order valence-electron chi connectivity index (χ4n) is 3.63. The molecule has 4 aromatic carbocycles. The Morgan fingerprint density at radius 3 is 2.36 bits per heavy atom. The largest absolute Gasteiger partial charge is 0.493 e. The van der Waals surface area contributed by atoms with E-state index in [2.05, 4.69) is 5.32 Å². The van der Waals surface area contributed by atoms with E-state index in [-0.39, 0.29) is 28.8 Å². The van der Waals surface area contributed by atoms with Gasteiger partial charge in [0.05, 0.1) is 12.1 Å². The molecule has 0 unspecified atom stereocenters. The maximum absolute atomic E-state index is 13.5. The zero-order valence-corrected chi connectivity index (χ0v) is 21.7. The minimum Gasteiger partial charge on any atom is -0.493 e. The Morgan fingerprint density at radius 1 is 0.949 bits per heavy atom. The van der Waals surface area contributed by atoms with E-state index in [1.165, 1.54) is 25.3 Å². The van der Waals surface area contributed by atoms with E-state index >= 15 is 0 Å². The van der Waals surface area contributed by atoms with Crippen LogP contribution in [-0.2, 0) is 18.0 Å². The molecular weight excluding hydrogens is 519 g/mol. The summed E-state index contributed by atoms with van der Waals surface area (Å²) < 4.78 is 30.4. The van der Waals surface area contributed by atoms with E-state index in [1.54, 1.807) is 48.5 Å². The molecule has 0 heterocycles. The van der Waals surface area contributed by atoms with Gasteiger partial charge in [-0.3, -0.25) is 4.79 Å². The van der Waals surface area contributed by atoms with Gasteiger partial charge in [0.2, 0.25) is 0 Å². The van der Waals surface area contributed by atoms with Crippen LogP contribution in [0.1, 0.15) is 16.7 Å². The molecule has 0 fully saturated rings. The summed E-state index contributed by atoms with van der Waals surface area (Å²) in [6, 6.07) is 27.7. The second-order valence-corrected chi connectivity index (χ2v) is 8.78. The molecule has 0 aromatic heterocycles. The van der Waals surface area contributed by atoms with Crippen LogP contribution in [0.25, 0.3) is 6.08 Å². The van der Waals surface area contributed by atoms with Gasteiger partial charge in [-0.15, -0.1) is 0 Å². The maximum Gasteiger partial charge on any atom is 0.266 e. The smallest absolute Gasteiger partial charge is 0.266 e. The molecule has 0 aliphatic carbocycles. The average molecular weight is 543 g/mol. The molecular formula is C31H24ClFN2O4. The number of anilines is 1. The van der Waals surface area contributed by atoms with Crippen molar-refractivity contribution in [2.24, 2.45) is 0 Å². The predicted octanol–water partition coefficient (Wildman–Crippen LogP) is 7.19. The van der Waals surface area contributed by atoms with Crippen molar-refractivity contribution in [3.63, 3.8) is 0 Å². The summed E-state index contributed by atoms with van der Waals surface area (Å²) in [7, 11) is 1.44. The van der Waals surface area contributed by atoms with Crippen LogP contribution in [0.2, 0.25) is 5.02 Å². The van der Waals surface area contributed by atoms with E-state index in [0.29, 0.717) is 34.9 Å². The van der Waals surface area contributed by atoms with Crippen LogP contribution in [0.5, 0.6) is 17.2 Å². The number of hydrogen-bond acceptors (Lipinski definition) is 5. The molecule has 4 aromatic rings. The Kier molecular flexibility index (Phi) is 9.17. The van der Waals surface area contributed by atoms with Gasteiger partial charge in [-0.2, -0.15) is 5.26 Å². The van der Waals surface area contributed by atoms with Crippen LogP contribution < -0.4 is 19.5 Å². The molecule has 0 saturated heterocycles. The van der Waals surface area contributed by atoms with Crippen molar-refractivity contribution in [2.75, 3.05) is 12.4 Å². The molecule has 1 amide bonds. The maximum atomic E-state index is 13.5. The topological polar surface area (TPSA) is 80.6 Å². The average Bonchev–Trinajstić information content (AvgIpc) is 2.95. The quantitative estimate of drug-likeness (QED) is 0.169. The van der Waals surface area contributed by atoms with Gasteiger partial charge in [0.1, 0.15) is 36.4 Å². The normalized spacial score (nSPS) is 10.9. The van der Waals surface area contributed by atoms with E-state index in [0.717, 1.165) is 5.56 Å². The van der Waals surface area contributed by atoms with Crippen molar-refractivity contribution in [3.8, 4) is 23.3 Å². The summed E-state index contributed by atoms with van der Waals surface area (Å²) in [6.07, 6.45) is 1.40. The van der Waals surface area contributed by atoms with Crippen LogP contribution in [0.15, 0.2) is 96.6 Å². The van der Waals surface area contributed by atoms with Gasteiger partial charge in [-0.25, -0.2) is 4.39 Å². The lowest BCUT2D eigenvalue weighted by atomic mass is 10.1. The first kappa shape index (κ1) is 27.2. The number of methoxy groups -OCH3 is 1. The van der Waals surface area contributed by atoms with Gasteiger partial charge >= 0.3 is 0 Å². The molecule has 0 aliphatic rings. The molecule has 0 atom stereocenters. The number of carbonyl (C=O) groups is 1. The third-order valence-electron chi connectivity index (χ3n) is 5.56. The van der Waals surface area contributed by atoms with Crippen LogP contribution in [0.4, 0.5) is 10.1 Å². The fraction of sp³-hybridized carbons (Fsp3) is 0.0968. The SMILES string of the molecule is COc1cc(/C=C(\C#N)C(=O)Nc2ccc(OCc3ccccc3)cc2)cc(Cl)c1OCc1cccc(F)c1. The molecule has 8 heteroatoms. The van der Waals surface area contributed by atoms with Gasteiger partial charge in [0, 0.05) is 5.69 Å². The monoisotopic (exact) mass is 542 g/mol. The van der Waals surface area contributed by atoms with E-state index < -0.39 is 5.91 Å². The molecule has 4 rings (SSSR count). The number of benzene rings is 4. The molecule has 39 heavy (non-hydrogen) atoms. The van der Waals surface area contributed by atoms with Crippen molar-refractivity contribution in [1.82, 2.24) is 0 Å². The lowest BCUT2D eigenvalue weighted by Gasteiger charge is -2.14. The van der Waals surface area contributed by atoms with Crippen molar-refractivity contribution >= 4 is 29.3 Å². The minimum absolute atomic E-state index is 0.0744. The summed E-state index contributed by atoms with van der Waals surface area (Å²) in [5.74, 6) is 0.252. The molecule has 0 bridgehead atoms. The zero-order chi connectivity index (χ0) is 27.6. The van der Waals surface area contributed by atoms with Crippen LogP contribution >= 0.6 is 11.6 Å². The first-order valence-corrected chi connectivity index (χ1v) is 12.3. The third kappa shape index (κ3) is 7.60. The highest BCUT2D eigenvalue weighted by molar-refractivity contribution is 6.32. The highest BCUT2D eigenvalue weighted by Crippen LogP contribution is 2.37. The highest BCUT2D eigenvalue weighted by atomic mass is 35.5. The van der Waals surface area contributed by atoms with Gasteiger partial charge in [0.25, 0.3) is 5.91 Å². The van der Waals surface area contributed by atoms with Crippen molar-refractivity contribution < 1.29 is 23.4 Å². The molecule has 6 nitrogen and oxygen atoms in total. The molecule has 0 saturated carbocycles. The Bertz CT molecular complexity index is 1520.